The molecule has 14 heavy (non-hydrogen) atoms. The van der Waals surface area contributed by atoms with Crippen LogP contribution in [0.5, 0.6) is 0 Å². The van der Waals surface area contributed by atoms with E-state index in [1.807, 2.05) is 12.4 Å². The molecule has 0 saturated carbocycles. The Morgan fingerprint density at radius 2 is 2.21 bits per heavy atom. The van der Waals surface area contributed by atoms with E-state index in [1.54, 1.807) is 0 Å². The molecule has 0 aromatic carbocycles. The number of aromatic nitrogens is 2. The molecule has 1 atom stereocenters. The smallest absolute Gasteiger partial charge is 0.108 e. The predicted octanol–water partition coefficient (Wildman–Crippen LogP) is 1.96. The molecule has 2 N–H and O–H groups in total. The molecule has 1 unspecified atom stereocenters. The minimum Gasteiger partial charge on any atom is -0.333 e. The van der Waals surface area contributed by atoms with Crippen molar-refractivity contribution in [2.45, 2.75) is 52.1 Å². The number of hydrogen-bond acceptors (Lipinski definition) is 2. The van der Waals surface area contributed by atoms with Gasteiger partial charge in [0.15, 0.2) is 0 Å². The molecule has 0 aliphatic carbocycles. The summed E-state index contributed by atoms with van der Waals surface area (Å²) in [4.78, 5) is 4.33. The highest BCUT2D eigenvalue weighted by molar-refractivity contribution is 4.93. The molecular weight excluding hydrogens is 174 g/mol. The van der Waals surface area contributed by atoms with Gasteiger partial charge in [0, 0.05) is 31.4 Å². The van der Waals surface area contributed by atoms with Crippen LogP contribution in [0.15, 0.2) is 12.4 Å². The lowest BCUT2D eigenvalue weighted by Gasteiger charge is -2.13. The van der Waals surface area contributed by atoms with Crippen LogP contribution in [0.1, 0.15) is 38.9 Å². The Kier molecular flexibility index (Phi) is 4.66. The van der Waals surface area contributed by atoms with Gasteiger partial charge in [0.2, 0.25) is 0 Å². The quantitative estimate of drug-likeness (QED) is 0.754. The normalized spacial score (nSPS) is 13.1. The fourth-order valence-corrected chi connectivity index (χ4v) is 1.67. The fourth-order valence-electron chi connectivity index (χ4n) is 1.67. The number of rotatable bonds is 6. The second kappa shape index (κ2) is 5.81. The number of nitrogens with zero attached hydrogens (tertiary/aromatic N) is 2. The average molecular weight is 195 g/mol. The molecule has 0 aliphatic heterocycles. The summed E-state index contributed by atoms with van der Waals surface area (Å²) < 4.78 is 2.18. The molecule has 0 radical (unpaired) electrons. The van der Waals surface area contributed by atoms with Gasteiger partial charge in [-0.25, -0.2) is 4.98 Å². The lowest BCUT2D eigenvalue weighted by Crippen LogP contribution is -2.26. The zero-order valence-electron chi connectivity index (χ0n) is 9.24. The highest BCUT2D eigenvalue weighted by Gasteiger charge is 2.05. The SMILES string of the molecule is CCCc1nccn1CC(N)CCC. The Balaban J connectivity index is 2.52. The maximum Gasteiger partial charge on any atom is 0.108 e. The molecule has 0 bridgehead atoms. The summed E-state index contributed by atoms with van der Waals surface area (Å²) in [7, 11) is 0. The second-order valence-electron chi connectivity index (χ2n) is 3.79. The monoisotopic (exact) mass is 195 g/mol. The Bertz CT molecular complexity index is 255. The predicted molar refractivity (Wildman–Crippen MR) is 59.1 cm³/mol. The Labute approximate surface area is 86.3 Å². The van der Waals surface area contributed by atoms with Crippen LogP contribution in [-0.4, -0.2) is 15.6 Å². The maximum absolute atomic E-state index is 5.99. The van der Waals surface area contributed by atoms with Gasteiger partial charge < -0.3 is 10.3 Å². The molecule has 0 saturated heterocycles. The first-order valence-corrected chi connectivity index (χ1v) is 5.53. The third-order valence-electron chi connectivity index (χ3n) is 2.37. The number of imidazole rings is 1. The largest absolute Gasteiger partial charge is 0.333 e. The van der Waals surface area contributed by atoms with E-state index in [4.69, 9.17) is 5.73 Å². The van der Waals surface area contributed by atoms with Gasteiger partial charge >= 0.3 is 0 Å². The molecular formula is C11H21N3. The summed E-state index contributed by atoms with van der Waals surface area (Å²) in [5.41, 5.74) is 5.99. The van der Waals surface area contributed by atoms with Crippen molar-refractivity contribution in [1.29, 1.82) is 0 Å². The Morgan fingerprint density at radius 1 is 1.43 bits per heavy atom. The first-order valence-electron chi connectivity index (χ1n) is 5.53. The van der Waals surface area contributed by atoms with Crippen molar-refractivity contribution in [3.8, 4) is 0 Å². The molecule has 3 nitrogen and oxygen atoms in total. The van der Waals surface area contributed by atoms with Gasteiger partial charge in [0.1, 0.15) is 5.82 Å². The van der Waals surface area contributed by atoms with Crippen molar-refractivity contribution < 1.29 is 0 Å². The lowest BCUT2D eigenvalue weighted by atomic mass is 10.2. The molecule has 0 aliphatic rings. The van der Waals surface area contributed by atoms with Crippen LogP contribution in [0.25, 0.3) is 0 Å². The van der Waals surface area contributed by atoms with E-state index in [9.17, 15) is 0 Å². The molecule has 80 valence electrons. The molecule has 1 aromatic rings. The average Bonchev–Trinajstić information content (AvgIpc) is 2.54. The van der Waals surface area contributed by atoms with Crippen molar-refractivity contribution in [2.24, 2.45) is 5.73 Å². The van der Waals surface area contributed by atoms with Gasteiger partial charge in [-0.2, -0.15) is 0 Å². The first-order chi connectivity index (χ1) is 6.77. The summed E-state index contributed by atoms with van der Waals surface area (Å²) in [5.74, 6) is 1.17. The molecule has 0 fully saturated rings. The Hall–Kier alpha value is -0.830. The summed E-state index contributed by atoms with van der Waals surface area (Å²) in [6.45, 7) is 5.24. The van der Waals surface area contributed by atoms with E-state index in [1.165, 1.54) is 5.82 Å². The van der Waals surface area contributed by atoms with Crippen molar-refractivity contribution in [3.05, 3.63) is 18.2 Å². The van der Waals surface area contributed by atoms with Crippen molar-refractivity contribution >= 4 is 0 Å². The van der Waals surface area contributed by atoms with Gasteiger partial charge in [-0.15, -0.1) is 0 Å². The van der Waals surface area contributed by atoms with Crippen LogP contribution in [-0.2, 0) is 13.0 Å². The van der Waals surface area contributed by atoms with Gasteiger partial charge in [-0.05, 0) is 12.8 Å². The summed E-state index contributed by atoms with van der Waals surface area (Å²) in [6, 6.07) is 0.268. The fraction of sp³-hybridized carbons (Fsp3) is 0.727. The van der Waals surface area contributed by atoms with E-state index in [2.05, 4.69) is 23.4 Å². The van der Waals surface area contributed by atoms with Crippen molar-refractivity contribution in [2.75, 3.05) is 0 Å². The molecule has 0 amide bonds. The van der Waals surface area contributed by atoms with Gasteiger partial charge in [-0.3, -0.25) is 0 Å². The zero-order chi connectivity index (χ0) is 10.4. The number of aryl methyl sites for hydroxylation is 1. The van der Waals surface area contributed by atoms with E-state index < -0.39 is 0 Å². The summed E-state index contributed by atoms with van der Waals surface area (Å²) in [6.07, 6.45) is 8.32. The number of nitrogens with two attached hydrogens (primary N) is 1. The van der Waals surface area contributed by atoms with E-state index in [-0.39, 0.29) is 6.04 Å². The first kappa shape index (κ1) is 11.2. The number of hydrogen-bond donors (Lipinski definition) is 1. The topological polar surface area (TPSA) is 43.8 Å². The highest BCUT2D eigenvalue weighted by Crippen LogP contribution is 2.04. The van der Waals surface area contributed by atoms with Gasteiger partial charge in [0.25, 0.3) is 0 Å². The lowest BCUT2D eigenvalue weighted by molar-refractivity contribution is 0.500. The highest BCUT2D eigenvalue weighted by atomic mass is 15.1. The molecule has 1 aromatic heterocycles. The second-order valence-corrected chi connectivity index (χ2v) is 3.79. The van der Waals surface area contributed by atoms with E-state index >= 15 is 0 Å². The minimum absolute atomic E-state index is 0.268. The van der Waals surface area contributed by atoms with Gasteiger partial charge in [-0.1, -0.05) is 20.3 Å². The van der Waals surface area contributed by atoms with Crippen LogP contribution in [0, 0.1) is 0 Å². The van der Waals surface area contributed by atoms with E-state index in [0.717, 1.165) is 32.2 Å². The summed E-state index contributed by atoms with van der Waals surface area (Å²) in [5, 5.41) is 0. The van der Waals surface area contributed by atoms with Crippen LogP contribution in [0.2, 0.25) is 0 Å². The standard InChI is InChI=1S/C11H21N3/c1-3-5-10(12)9-14-8-7-13-11(14)6-4-2/h7-8,10H,3-6,9,12H2,1-2H3. The zero-order valence-corrected chi connectivity index (χ0v) is 9.24. The maximum atomic E-state index is 5.99. The van der Waals surface area contributed by atoms with Crippen molar-refractivity contribution in [1.82, 2.24) is 9.55 Å². The van der Waals surface area contributed by atoms with E-state index in [0.29, 0.717) is 0 Å². The Morgan fingerprint density at radius 3 is 2.86 bits per heavy atom. The van der Waals surface area contributed by atoms with Gasteiger partial charge in [0.05, 0.1) is 0 Å². The minimum atomic E-state index is 0.268. The third kappa shape index (κ3) is 3.14. The van der Waals surface area contributed by atoms with Crippen LogP contribution in [0.3, 0.4) is 0 Å². The van der Waals surface area contributed by atoms with Crippen LogP contribution in [0.4, 0.5) is 0 Å². The molecule has 3 heteroatoms. The molecule has 1 heterocycles. The third-order valence-corrected chi connectivity index (χ3v) is 2.37. The van der Waals surface area contributed by atoms with Crippen molar-refractivity contribution in [3.63, 3.8) is 0 Å². The molecule has 0 spiro atoms. The molecule has 1 rings (SSSR count). The summed E-state index contributed by atoms with van der Waals surface area (Å²) >= 11 is 0. The van der Waals surface area contributed by atoms with Crippen LogP contribution < -0.4 is 5.73 Å². The van der Waals surface area contributed by atoms with Crippen LogP contribution >= 0.6 is 0 Å².